The van der Waals surface area contributed by atoms with Crippen molar-refractivity contribution < 1.29 is 0 Å². The molecule has 0 saturated heterocycles. The largest absolute Gasteiger partial charge is 0.360 e. The van der Waals surface area contributed by atoms with Gasteiger partial charge in [-0.25, -0.2) is 0 Å². The molecule has 4 nitrogen and oxygen atoms in total. The normalized spacial score (nSPS) is 24.0. The predicted octanol–water partition coefficient (Wildman–Crippen LogP) is 2.78. The number of H-pyrrole nitrogens is 1. The highest BCUT2D eigenvalue weighted by atomic mass is 32.1. The van der Waals surface area contributed by atoms with E-state index in [0.29, 0.717) is 17.1 Å². The van der Waals surface area contributed by atoms with Crippen molar-refractivity contribution in [3.05, 3.63) is 24.0 Å². The quantitative estimate of drug-likeness (QED) is 0.453. The van der Waals surface area contributed by atoms with Crippen LogP contribution in [0.5, 0.6) is 0 Å². The second-order valence-corrected chi connectivity index (χ2v) is 5.64. The van der Waals surface area contributed by atoms with Gasteiger partial charge in [-0.3, -0.25) is 5.43 Å². The summed E-state index contributed by atoms with van der Waals surface area (Å²) in [6, 6.07) is 4.42. The fourth-order valence-corrected chi connectivity index (χ4v) is 2.68. The number of hydrazone groups is 1. The smallest absolute Gasteiger partial charge is 0.187 e. The highest BCUT2D eigenvalue weighted by Crippen LogP contribution is 2.23. The van der Waals surface area contributed by atoms with Gasteiger partial charge < -0.3 is 10.3 Å². The molecule has 1 aromatic rings. The number of aromatic amines is 1. The molecular formula is C14H22N4S. The average Bonchev–Trinajstić information content (AvgIpc) is 2.93. The van der Waals surface area contributed by atoms with E-state index in [1.165, 1.54) is 25.7 Å². The maximum absolute atomic E-state index is 5.30. The van der Waals surface area contributed by atoms with Crippen LogP contribution < -0.4 is 10.7 Å². The first-order valence-corrected chi connectivity index (χ1v) is 7.32. The van der Waals surface area contributed by atoms with Gasteiger partial charge in [-0.2, -0.15) is 5.10 Å². The van der Waals surface area contributed by atoms with E-state index >= 15 is 0 Å². The monoisotopic (exact) mass is 278 g/mol. The van der Waals surface area contributed by atoms with Crippen molar-refractivity contribution in [2.24, 2.45) is 11.0 Å². The van der Waals surface area contributed by atoms with Crippen LogP contribution in [-0.4, -0.2) is 21.8 Å². The summed E-state index contributed by atoms with van der Waals surface area (Å²) in [6.07, 6.45) is 6.99. The number of hydrogen-bond donors (Lipinski definition) is 3. The third-order valence-corrected chi connectivity index (χ3v) is 3.95. The molecule has 1 aliphatic rings. The Morgan fingerprint density at radius 2 is 2.21 bits per heavy atom. The lowest BCUT2D eigenvalue weighted by molar-refractivity contribution is 0.308. The van der Waals surface area contributed by atoms with E-state index in [1.807, 2.05) is 25.3 Å². The molecule has 19 heavy (non-hydrogen) atoms. The summed E-state index contributed by atoms with van der Waals surface area (Å²) in [7, 11) is 0. The van der Waals surface area contributed by atoms with Crippen LogP contribution in [0.15, 0.2) is 23.4 Å². The van der Waals surface area contributed by atoms with Crippen LogP contribution in [0.1, 0.15) is 45.2 Å². The van der Waals surface area contributed by atoms with Gasteiger partial charge in [0.15, 0.2) is 5.11 Å². The lowest BCUT2D eigenvalue weighted by Crippen LogP contribution is -2.44. The summed E-state index contributed by atoms with van der Waals surface area (Å²) in [4.78, 5) is 3.11. The van der Waals surface area contributed by atoms with Gasteiger partial charge in [0.2, 0.25) is 0 Å². The number of thiocarbonyl (C=S) groups is 1. The first kappa shape index (κ1) is 14.1. The van der Waals surface area contributed by atoms with Gasteiger partial charge in [0.25, 0.3) is 0 Å². The molecule has 0 unspecified atom stereocenters. The summed E-state index contributed by atoms with van der Waals surface area (Å²) in [5.74, 6) is 0.682. The molecule has 2 rings (SSSR count). The van der Waals surface area contributed by atoms with Crippen molar-refractivity contribution in [3.8, 4) is 0 Å². The van der Waals surface area contributed by atoms with Gasteiger partial charge in [0, 0.05) is 12.2 Å². The Balaban J connectivity index is 1.82. The van der Waals surface area contributed by atoms with Crippen LogP contribution in [0.25, 0.3) is 0 Å². The average molecular weight is 278 g/mol. The van der Waals surface area contributed by atoms with E-state index in [9.17, 15) is 0 Å². The topological polar surface area (TPSA) is 52.2 Å². The SMILES string of the molecule is C/C(=N\NC(=S)N[C@@H]1CCCC[C@H]1C)c1ccc[nH]1. The Morgan fingerprint density at radius 1 is 1.42 bits per heavy atom. The highest BCUT2D eigenvalue weighted by molar-refractivity contribution is 7.80. The Hall–Kier alpha value is -1.36. The fraction of sp³-hybridized carbons (Fsp3) is 0.571. The molecule has 1 aromatic heterocycles. The fourth-order valence-electron chi connectivity index (χ4n) is 2.48. The third kappa shape index (κ3) is 4.06. The molecule has 0 aliphatic heterocycles. The number of nitrogens with one attached hydrogen (secondary N) is 3. The van der Waals surface area contributed by atoms with Gasteiger partial charge in [-0.05, 0) is 50.0 Å². The van der Waals surface area contributed by atoms with Crippen molar-refractivity contribution in [1.29, 1.82) is 0 Å². The summed E-state index contributed by atoms with van der Waals surface area (Å²) in [5, 5.41) is 8.28. The van der Waals surface area contributed by atoms with Gasteiger partial charge >= 0.3 is 0 Å². The van der Waals surface area contributed by atoms with E-state index in [0.717, 1.165) is 11.4 Å². The minimum Gasteiger partial charge on any atom is -0.360 e. The number of nitrogens with zero attached hydrogens (tertiary/aromatic N) is 1. The minimum atomic E-state index is 0.481. The Morgan fingerprint density at radius 3 is 2.89 bits per heavy atom. The molecule has 1 aliphatic carbocycles. The van der Waals surface area contributed by atoms with Crippen LogP contribution in [0.4, 0.5) is 0 Å². The molecule has 1 fully saturated rings. The summed E-state index contributed by atoms with van der Waals surface area (Å²) >= 11 is 5.30. The molecule has 0 spiro atoms. The molecule has 0 radical (unpaired) electrons. The maximum Gasteiger partial charge on any atom is 0.187 e. The number of aromatic nitrogens is 1. The second kappa shape index (κ2) is 6.70. The first-order valence-electron chi connectivity index (χ1n) is 6.91. The van der Waals surface area contributed by atoms with Crippen LogP contribution in [0.3, 0.4) is 0 Å². The van der Waals surface area contributed by atoms with Crippen LogP contribution in [0.2, 0.25) is 0 Å². The molecule has 1 heterocycles. The van der Waals surface area contributed by atoms with E-state index in [1.54, 1.807) is 0 Å². The zero-order valence-electron chi connectivity index (χ0n) is 11.6. The van der Waals surface area contributed by atoms with Crippen LogP contribution in [0, 0.1) is 5.92 Å². The maximum atomic E-state index is 5.30. The highest BCUT2D eigenvalue weighted by Gasteiger charge is 2.21. The van der Waals surface area contributed by atoms with Gasteiger partial charge in [0.05, 0.1) is 11.4 Å². The summed E-state index contributed by atoms with van der Waals surface area (Å²) in [6.45, 7) is 4.23. The lowest BCUT2D eigenvalue weighted by Gasteiger charge is -2.30. The van der Waals surface area contributed by atoms with Crippen LogP contribution in [-0.2, 0) is 0 Å². The van der Waals surface area contributed by atoms with Crippen molar-refractivity contribution in [1.82, 2.24) is 15.7 Å². The molecular weight excluding hydrogens is 256 g/mol. The van der Waals surface area contributed by atoms with Crippen molar-refractivity contribution in [2.45, 2.75) is 45.6 Å². The molecule has 104 valence electrons. The summed E-state index contributed by atoms with van der Waals surface area (Å²) in [5.41, 5.74) is 4.82. The Kier molecular flexibility index (Phi) is 4.96. The van der Waals surface area contributed by atoms with E-state index in [-0.39, 0.29) is 0 Å². The molecule has 0 amide bonds. The van der Waals surface area contributed by atoms with Crippen molar-refractivity contribution in [2.75, 3.05) is 0 Å². The Labute approximate surface area is 120 Å². The summed E-state index contributed by atoms with van der Waals surface area (Å²) < 4.78 is 0. The van der Waals surface area contributed by atoms with E-state index < -0.39 is 0 Å². The van der Waals surface area contributed by atoms with Gasteiger partial charge in [0.1, 0.15) is 0 Å². The van der Waals surface area contributed by atoms with Gasteiger partial charge in [-0.1, -0.05) is 19.8 Å². The number of hydrogen-bond acceptors (Lipinski definition) is 2. The third-order valence-electron chi connectivity index (χ3n) is 3.74. The minimum absolute atomic E-state index is 0.481. The molecule has 2 atom stereocenters. The standard InChI is InChI=1S/C14H22N4S/c1-10-6-3-4-7-12(10)16-14(19)18-17-11(2)13-8-5-9-15-13/h5,8-10,12,15H,3-4,6-7H2,1-2H3,(H2,16,18,19)/b17-11+/t10-,12-/m1/s1. The molecule has 5 heteroatoms. The molecule has 0 aromatic carbocycles. The van der Waals surface area contributed by atoms with Crippen LogP contribution >= 0.6 is 12.2 Å². The second-order valence-electron chi connectivity index (χ2n) is 5.23. The number of rotatable bonds is 3. The predicted molar refractivity (Wildman–Crippen MR) is 83.3 cm³/mol. The zero-order valence-corrected chi connectivity index (χ0v) is 12.4. The van der Waals surface area contributed by atoms with Gasteiger partial charge in [-0.15, -0.1) is 0 Å². The Bertz CT molecular complexity index is 438. The van der Waals surface area contributed by atoms with Crippen molar-refractivity contribution >= 4 is 23.0 Å². The molecule has 3 N–H and O–H groups in total. The first-order chi connectivity index (χ1) is 9.16. The van der Waals surface area contributed by atoms with Crippen molar-refractivity contribution in [3.63, 3.8) is 0 Å². The molecule has 1 saturated carbocycles. The van der Waals surface area contributed by atoms with E-state index in [2.05, 4.69) is 27.8 Å². The molecule has 0 bridgehead atoms. The lowest BCUT2D eigenvalue weighted by atomic mass is 9.86. The van der Waals surface area contributed by atoms with E-state index in [4.69, 9.17) is 12.2 Å². The zero-order chi connectivity index (χ0) is 13.7.